The summed E-state index contributed by atoms with van der Waals surface area (Å²) < 4.78 is 10.9. The molecule has 2 aromatic rings. The van der Waals surface area contributed by atoms with Gasteiger partial charge in [0, 0.05) is 24.5 Å². The van der Waals surface area contributed by atoms with Crippen LogP contribution >= 0.6 is 11.6 Å². The van der Waals surface area contributed by atoms with Crippen LogP contribution in [0.25, 0.3) is 0 Å². The molecule has 5 nitrogen and oxygen atoms in total. The standard InChI is InChI=1S/C19H23ClN2O3/c1-22(13-14-25-16-9-7-15(20)8-10-16)12-11-19(23)21-17-5-3-4-6-18(17)24-2/h3-10H,11-14H2,1-2H3,(H,21,23). The lowest BCUT2D eigenvalue weighted by Gasteiger charge is -2.17. The molecule has 0 saturated carbocycles. The Balaban J connectivity index is 1.67. The van der Waals surface area contributed by atoms with E-state index in [1.165, 1.54) is 0 Å². The predicted molar refractivity (Wildman–Crippen MR) is 101 cm³/mol. The van der Waals surface area contributed by atoms with Crippen molar-refractivity contribution < 1.29 is 14.3 Å². The molecule has 0 spiro atoms. The SMILES string of the molecule is COc1ccccc1NC(=O)CCN(C)CCOc1ccc(Cl)cc1. The van der Waals surface area contributed by atoms with Crippen molar-refractivity contribution in [3.63, 3.8) is 0 Å². The van der Waals surface area contributed by atoms with Crippen LogP contribution in [0.3, 0.4) is 0 Å². The fourth-order valence-corrected chi connectivity index (χ4v) is 2.34. The predicted octanol–water partition coefficient (Wildman–Crippen LogP) is 3.69. The first kappa shape index (κ1) is 19.1. The number of likely N-dealkylation sites (N-methyl/N-ethyl adjacent to an activating group) is 1. The molecular formula is C19H23ClN2O3. The van der Waals surface area contributed by atoms with Crippen molar-refractivity contribution in [1.82, 2.24) is 4.90 Å². The minimum absolute atomic E-state index is 0.0463. The van der Waals surface area contributed by atoms with Gasteiger partial charge in [-0.25, -0.2) is 0 Å². The van der Waals surface area contributed by atoms with Crippen molar-refractivity contribution >= 4 is 23.2 Å². The highest BCUT2D eigenvalue weighted by Gasteiger charge is 2.08. The van der Waals surface area contributed by atoms with E-state index in [9.17, 15) is 4.79 Å². The number of rotatable bonds is 9. The van der Waals surface area contributed by atoms with Crippen LogP contribution in [0, 0.1) is 0 Å². The van der Waals surface area contributed by atoms with Crippen LogP contribution in [0.1, 0.15) is 6.42 Å². The Bertz CT molecular complexity index is 677. The molecule has 1 amide bonds. The summed E-state index contributed by atoms with van der Waals surface area (Å²) in [6.45, 7) is 1.92. The van der Waals surface area contributed by atoms with Crippen molar-refractivity contribution in [2.24, 2.45) is 0 Å². The number of nitrogens with zero attached hydrogens (tertiary/aromatic N) is 1. The van der Waals surface area contributed by atoms with Gasteiger partial charge in [0.05, 0.1) is 12.8 Å². The van der Waals surface area contributed by atoms with E-state index in [-0.39, 0.29) is 5.91 Å². The molecule has 1 N–H and O–H groups in total. The second-order valence-electron chi connectivity index (χ2n) is 5.60. The molecule has 0 aliphatic heterocycles. The Morgan fingerprint density at radius 3 is 2.56 bits per heavy atom. The number of ether oxygens (including phenoxy) is 2. The highest BCUT2D eigenvalue weighted by molar-refractivity contribution is 6.30. The van der Waals surface area contributed by atoms with E-state index in [1.807, 2.05) is 43.4 Å². The molecule has 0 unspecified atom stereocenters. The first-order valence-corrected chi connectivity index (χ1v) is 8.46. The number of nitrogens with one attached hydrogen (secondary N) is 1. The van der Waals surface area contributed by atoms with Crippen molar-refractivity contribution in [2.45, 2.75) is 6.42 Å². The number of hydrogen-bond donors (Lipinski definition) is 1. The van der Waals surface area contributed by atoms with E-state index in [0.717, 1.165) is 12.3 Å². The number of anilines is 1. The summed E-state index contributed by atoms with van der Waals surface area (Å²) in [7, 11) is 3.54. The number of methoxy groups -OCH3 is 1. The summed E-state index contributed by atoms with van der Waals surface area (Å²) in [6.07, 6.45) is 0.398. The summed E-state index contributed by atoms with van der Waals surface area (Å²) in [4.78, 5) is 14.1. The Kier molecular flexibility index (Phi) is 7.57. The van der Waals surface area contributed by atoms with E-state index in [0.29, 0.717) is 36.0 Å². The van der Waals surface area contributed by atoms with Gasteiger partial charge in [-0.05, 0) is 43.4 Å². The Labute approximate surface area is 153 Å². The summed E-state index contributed by atoms with van der Waals surface area (Å²) in [5.74, 6) is 1.39. The largest absolute Gasteiger partial charge is 0.495 e. The normalized spacial score (nSPS) is 10.6. The maximum atomic E-state index is 12.1. The van der Waals surface area contributed by atoms with E-state index in [1.54, 1.807) is 19.2 Å². The highest BCUT2D eigenvalue weighted by Crippen LogP contribution is 2.23. The molecule has 0 fully saturated rings. The lowest BCUT2D eigenvalue weighted by molar-refractivity contribution is -0.116. The van der Waals surface area contributed by atoms with Gasteiger partial charge >= 0.3 is 0 Å². The fraction of sp³-hybridized carbons (Fsp3) is 0.316. The summed E-state index contributed by atoms with van der Waals surface area (Å²) >= 11 is 5.83. The molecule has 0 heterocycles. The van der Waals surface area contributed by atoms with Crippen LogP contribution in [0.4, 0.5) is 5.69 Å². The zero-order valence-corrected chi connectivity index (χ0v) is 15.3. The first-order chi connectivity index (χ1) is 12.1. The second kappa shape index (κ2) is 9.91. The zero-order valence-electron chi connectivity index (χ0n) is 14.5. The quantitative estimate of drug-likeness (QED) is 0.739. The lowest BCUT2D eigenvalue weighted by Crippen LogP contribution is -2.28. The van der Waals surface area contributed by atoms with Gasteiger partial charge < -0.3 is 19.7 Å². The number of amides is 1. The second-order valence-corrected chi connectivity index (χ2v) is 6.04. The number of hydrogen-bond acceptors (Lipinski definition) is 4. The minimum atomic E-state index is -0.0463. The summed E-state index contributed by atoms with van der Waals surface area (Å²) in [5, 5.41) is 3.56. The maximum absolute atomic E-state index is 12.1. The number of halogens is 1. The van der Waals surface area contributed by atoms with Crippen LogP contribution in [0.2, 0.25) is 5.02 Å². The van der Waals surface area contributed by atoms with Gasteiger partial charge in [0.1, 0.15) is 18.1 Å². The third-order valence-electron chi connectivity index (χ3n) is 3.66. The van der Waals surface area contributed by atoms with E-state index < -0.39 is 0 Å². The molecule has 0 atom stereocenters. The van der Waals surface area contributed by atoms with Gasteiger partial charge in [-0.1, -0.05) is 23.7 Å². The molecule has 134 valence electrons. The molecule has 0 aromatic heterocycles. The van der Waals surface area contributed by atoms with Crippen LogP contribution in [-0.4, -0.2) is 44.7 Å². The third kappa shape index (κ3) is 6.64. The van der Waals surface area contributed by atoms with Crippen LogP contribution in [-0.2, 0) is 4.79 Å². The number of carbonyl (C=O) groups excluding carboxylic acids is 1. The van der Waals surface area contributed by atoms with Crippen LogP contribution < -0.4 is 14.8 Å². The van der Waals surface area contributed by atoms with Gasteiger partial charge in [0.2, 0.25) is 5.91 Å². The van der Waals surface area contributed by atoms with Crippen molar-refractivity contribution in [3.8, 4) is 11.5 Å². The Hall–Kier alpha value is -2.24. The van der Waals surface area contributed by atoms with Crippen molar-refractivity contribution in [2.75, 3.05) is 39.2 Å². The van der Waals surface area contributed by atoms with Crippen LogP contribution in [0.15, 0.2) is 48.5 Å². The molecule has 0 radical (unpaired) electrons. The molecule has 0 aliphatic rings. The Morgan fingerprint density at radius 2 is 1.84 bits per heavy atom. The Morgan fingerprint density at radius 1 is 1.12 bits per heavy atom. The third-order valence-corrected chi connectivity index (χ3v) is 3.91. The van der Waals surface area contributed by atoms with Gasteiger partial charge in [0.15, 0.2) is 0 Å². The number of benzene rings is 2. The van der Waals surface area contributed by atoms with Crippen molar-refractivity contribution in [3.05, 3.63) is 53.6 Å². The first-order valence-electron chi connectivity index (χ1n) is 8.08. The van der Waals surface area contributed by atoms with E-state index >= 15 is 0 Å². The molecule has 2 rings (SSSR count). The molecule has 6 heteroatoms. The average molecular weight is 363 g/mol. The van der Waals surface area contributed by atoms with Crippen LogP contribution in [0.5, 0.6) is 11.5 Å². The van der Waals surface area contributed by atoms with Crippen molar-refractivity contribution in [1.29, 1.82) is 0 Å². The molecular weight excluding hydrogens is 340 g/mol. The average Bonchev–Trinajstić information content (AvgIpc) is 2.62. The number of para-hydroxylation sites is 2. The van der Waals surface area contributed by atoms with Gasteiger partial charge in [-0.3, -0.25) is 4.79 Å². The molecule has 0 bridgehead atoms. The van der Waals surface area contributed by atoms with E-state index in [2.05, 4.69) is 10.2 Å². The smallest absolute Gasteiger partial charge is 0.225 e. The summed E-state index contributed by atoms with van der Waals surface area (Å²) in [6, 6.07) is 14.6. The fourth-order valence-electron chi connectivity index (χ4n) is 2.21. The lowest BCUT2D eigenvalue weighted by atomic mass is 10.2. The number of carbonyl (C=O) groups is 1. The molecule has 0 aliphatic carbocycles. The van der Waals surface area contributed by atoms with E-state index in [4.69, 9.17) is 21.1 Å². The summed E-state index contributed by atoms with van der Waals surface area (Å²) in [5.41, 5.74) is 0.684. The molecule has 25 heavy (non-hydrogen) atoms. The minimum Gasteiger partial charge on any atom is -0.495 e. The molecule has 2 aromatic carbocycles. The zero-order chi connectivity index (χ0) is 18.1. The topological polar surface area (TPSA) is 50.8 Å². The molecule has 0 saturated heterocycles. The van der Waals surface area contributed by atoms with Gasteiger partial charge in [-0.15, -0.1) is 0 Å². The van der Waals surface area contributed by atoms with Gasteiger partial charge in [0.25, 0.3) is 0 Å². The van der Waals surface area contributed by atoms with Gasteiger partial charge in [-0.2, -0.15) is 0 Å². The maximum Gasteiger partial charge on any atom is 0.225 e. The monoisotopic (exact) mass is 362 g/mol. The highest BCUT2D eigenvalue weighted by atomic mass is 35.5.